The highest BCUT2D eigenvalue weighted by molar-refractivity contribution is 7.09. The van der Waals surface area contributed by atoms with Gasteiger partial charge in [0, 0.05) is 30.0 Å². The summed E-state index contributed by atoms with van der Waals surface area (Å²) in [6, 6.07) is 14.0. The molecule has 1 aliphatic carbocycles. The molecule has 3 aromatic rings. The van der Waals surface area contributed by atoms with Gasteiger partial charge >= 0.3 is 0 Å². The van der Waals surface area contributed by atoms with Gasteiger partial charge in [-0.1, -0.05) is 43.5 Å². The van der Waals surface area contributed by atoms with Crippen LogP contribution in [0.2, 0.25) is 0 Å². The SMILES string of the molecule is O=C(CCCC(=O)N(Cc1cccs1)[C@H](C(=O)NC1CCCCC1)c1ccc(F)cc1)Nc1ccccn1. The van der Waals surface area contributed by atoms with Crippen molar-refractivity contribution < 1.29 is 18.8 Å². The Balaban J connectivity index is 1.50. The number of pyridine rings is 1. The molecule has 4 rings (SSSR count). The zero-order valence-electron chi connectivity index (χ0n) is 21.3. The number of halogens is 1. The van der Waals surface area contributed by atoms with Crippen LogP contribution in [0.15, 0.2) is 66.2 Å². The van der Waals surface area contributed by atoms with Crippen LogP contribution >= 0.6 is 11.3 Å². The molecule has 3 amide bonds. The molecule has 7 nitrogen and oxygen atoms in total. The number of anilines is 1. The summed E-state index contributed by atoms with van der Waals surface area (Å²) >= 11 is 1.50. The van der Waals surface area contributed by atoms with E-state index in [1.54, 1.807) is 41.4 Å². The number of rotatable bonds is 11. The van der Waals surface area contributed by atoms with Crippen molar-refractivity contribution >= 4 is 34.9 Å². The summed E-state index contributed by atoms with van der Waals surface area (Å²) in [7, 11) is 0. The maximum absolute atomic E-state index is 13.8. The lowest BCUT2D eigenvalue weighted by molar-refractivity contribution is -0.142. The van der Waals surface area contributed by atoms with Crippen LogP contribution in [0.3, 0.4) is 0 Å². The van der Waals surface area contributed by atoms with Gasteiger partial charge < -0.3 is 15.5 Å². The quantitative estimate of drug-likeness (QED) is 0.333. The van der Waals surface area contributed by atoms with E-state index >= 15 is 0 Å². The van der Waals surface area contributed by atoms with Gasteiger partial charge in [-0.05, 0) is 60.5 Å². The van der Waals surface area contributed by atoms with Crippen LogP contribution < -0.4 is 10.6 Å². The highest BCUT2D eigenvalue weighted by Gasteiger charge is 2.33. The van der Waals surface area contributed by atoms with E-state index in [1.165, 1.54) is 23.5 Å². The third-order valence-electron chi connectivity index (χ3n) is 6.65. The van der Waals surface area contributed by atoms with Crippen molar-refractivity contribution in [2.24, 2.45) is 0 Å². The molecule has 2 heterocycles. The second-order valence-corrected chi connectivity index (χ2v) is 10.5. The van der Waals surface area contributed by atoms with Crippen LogP contribution in [0.25, 0.3) is 0 Å². The number of amides is 3. The van der Waals surface area contributed by atoms with Crippen molar-refractivity contribution in [1.29, 1.82) is 0 Å². The normalized spacial score (nSPS) is 14.4. The molecule has 1 saturated carbocycles. The number of aromatic nitrogens is 1. The highest BCUT2D eigenvalue weighted by atomic mass is 32.1. The zero-order chi connectivity index (χ0) is 26.7. The van der Waals surface area contributed by atoms with Crippen LogP contribution in [0, 0.1) is 5.82 Å². The summed E-state index contributed by atoms with van der Waals surface area (Å²) in [5, 5.41) is 7.81. The molecule has 0 bridgehead atoms. The third kappa shape index (κ3) is 7.95. The monoisotopic (exact) mass is 536 g/mol. The number of hydrogen-bond acceptors (Lipinski definition) is 5. The minimum atomic E-state index is -0.908. The van der Waals surface area contributed by atoms with E-state index in [0.717, 1.165) is 37.0 Å². The lowest BCUT2D eigenvalue weighted by Gasteiger charge is -2.33. The second kappa shape index (κ2) is 13.8. The van der Waals surface area contributed by atoms with E-state index in [9.17, 15) is 18.8 Å². The summed E-state index contributed by atoms with van der Waals surface area (Å²) in [5.74, 6) is -0.681. The summed E-state index contributed by atoms with van der Waals surface area (Å²) in [4.78, 5) is 46.3. The number of carbonyl (C=O) groups excluding carboxylic acids is 3. The molecular formula is C29H33FN4O3S. The lowest BCUT2D eigenvalue weighted by atomic mass is 9.94. The van der Waals surface area contributed by atoms with Crippen molar-refractivity contribution in [1.82, 2.24) is 15.2 Å². The van der Waals surface area contributed by atoms with Gasteiger partial charge in [0.05, 0.1) is 6.54 Å². The molecule has 1 aromatic carbocycles. The molecule has 200 valence electrons. The Hall–Kier alpha value is -3.59. The Morgan fingerprint density at radius 2 is 1.79 bits per heavy atom. The summed E-state index contributed by atoms with van der Waals surface area (Å²) in [5.41, 5.74) is 0.553. The first-order chi connectivity index (χ1) is 18.5. The van der Waals surface area contributed by atoms with E-state index in [1.807, 2.05) is 17.5 Å². The zero-order valence-corrected chi connectivity index (χ0v) is 22.1. The molecule has 0 radical (unpaired) electrons. The van der Waals surface area contributed by atoms with Gasteiger partial charge in [0.1, 0.15) is 17.7 Å². The van der Waals surface area contributed by atoms with E-state index in [-0.39, 0.29) is 43.1 Å². The fourth-order valence-corrected chi connectivity index (χ4v) is 5.43. The number of carbonyl (C=O) groups is 3. The van der Waals surface area contributed by atoms with Crippen LogP contribution in [0.1, 0.15) is 67.8 Å². The first kappa shape index (κ1) is 27.4. The van der Waals surface area contributed by atoms with E-state index in [0.29, 0.717) is 17.8 Å². The Kier molecular flexibility index (Phi) is 9.97. The Morgan fingerprint density at radius 3 is 2.47 bits per heavy atom. The van der Waals surface area contributed by atoms with E-state index in [2.05, 4.69) is 15.6 Å². The van der Waals surface area contributed by atoms with Gasteiger partial charge in [-0.25, -0.2) is 9.37 Å². The molecule has 0 spiro atoms. The molecule has 1 atom stereocenters. The minimum absolute atomic E-state index is 0.0631. The average molecular weight is 537 g/mol. The van der Waals surface area contributed by atoms with Gasteiger partial charge in [-0.15, -0.1) is 11.3 Å². The fraction of sp³-hybridized carbons (Fsp3) is 0.379. The molecule has 0 aliphatic heterocycles. The van der Waals surface area contributed by atoms with Gasteiger partial charge in [0.25, 0.3) is 0 Å². The largest absolute Gasteiger partial charge is 0.351 e. The second-order valence-electron chi connectivity index (χ2n) is 9.52. The predicted octanol–water partition coefficient (Wildman–Crippen LogP) is 5.61. The number of nitrogens with one attached hydrogen (secondary N) is 2. The minimum Gasteiger partial charge on any atom is -0.351 e. The number of benzene rings is 1. The van der Waals surface area contributed by atoms with Crippen molar-refractivity contribution in [3.05, 3.63) is 82.4 Å². The van der Waals surface area contributed by atoms with Crippen LogP contribution in [0.5, 0.6) is 0 Å². The number of thiophene rings is 1. The predicted molar refractivity (Wildman–Crippen MR) is 146 cm³/mol. The first-order valence-corrected chi connectivity index (χ1v) is 14.0. The van der Waals surface area contributed by atoms with Crippen molar-refractivity contribution in [2.45, 2.75) is 70.0 Å². The van der Waals surface area contributed by atoms with Gasteiger partial charge in [-0.3, -0.25) is 14.4 Å². The Labute approximate surface area is 226 Å². The summed E-state index contributed by atoms with van der Waals surface area (Å²) in [6.45, 7) is 0.247. The van der Waals surface area contributed by atoms with Crippen LogP contribution in [-0.4, -0.2) is 33.6 Å². The molecule has 0 saturated heterocycles. The maximum Gasteiger partial charge on any atom is 0.247 e. The third-order valence-corrected chi connectivity index (χ3v) is 7.51. The first-order valence-electron chi connectivity index (χ1n) is 13.1. The topological polar surface area (TPSA) is 91.4 Å². The van der Waals surface area contributed by atoms with Gasteiger partial charge in [-0.2, -0.15) is 0 Å². The molecule has 0 unspecified atom stereocenters. The van der Waals surface area contributed by atoms with Crippen LogP contribution in [-0.2, 0) is 20.9 Å². The van der Waals surface area contributed by atoms with Gasteiger partial charge in [0.2, 0.25) is 17.7 Å². The molecule has 38 heavy (non-hydrogen) atoms. The van der Waals surface area contributed by atoms with Crippen molar-refractivity contribution in [2.75, 3.05) is 5.32 Å². The fourth-order valence-electron chi connectivity index (χ4n) is 4.72. The smallest absolute Gasteiger partial charge is 0.247 e. The molecular weight excluding hydrogens is 503 g/mol. The van der Waals surface area contributed by atoms with Crippen LogP contribution in [0.4, 0.5) is 10.2 Å². The molecule has 9 heteroatoms. The summed E-state index contributed by atoms with van der Waals surface area (Å²) in [6.07, 6.45) is 7.24. The number of hydrogen-bond donors (Lipinski definition) is 2. The molecule has 1 fully saturated rings. The van der Waals surface area contributed by atoms with E-state index < -0.39 is 11.9 Å². The maximum atomic E-state index is 13.8. The lowest BCUT2D eigenvalue weighted by Crippen LogP contribution is -2.46. The Bertz CT molecular complexity index is 1180. The van der Waals surface area contributed by atoms with Crippen molar-refractivity contribution in [3.8, 4) is 0 Å². The molecule has 1 aliphatic rings. The molecule has 2 aromatic heterocycles. The standard InChI is InChI=1S/C29H33FN4O3S/c30-22-16-14-21(15-17-22)28(29(37)32-23-8-2-1-3-9-23)34(20-24-10-7-19-38-24)27(36)13-6-12-26(35)33-25-11-4-5-18-31-25/h4-5,7,10-11,14-19,23,28H,1-3,6,8-9,12-13,20H2,(H,32,37)(H,31,33,35)/t28-/m0/s1. The van der Waals surface area contributed by atoms with Crippen molar-refractivity contribution in [3.63, 3.8) is 0 Å². The number of nitrogens with zero attached hydrogens (tertiary/aromatic N) is 2. The Morgan fingerprint density at radius 1 is 1.00 bits per heavy atom. The van der Waals surface area contributed by atoms with E-state index in [4.69, 9.17) is 0 Å². The summed E-state index contributed by atoms with van der Waals surface area (Å²) < 4.78 is 13.8. The van der Waals surface area contributed by atoms with Gasteiger partial charge in [0.15, 0.2) is 0 Å². The highest BCUT2D eigenvalue weighted by Crippen LogP contribution is 2.28. The molecule has 2 N–H and O–H groups in total. The average Bonchev–Trinajstić information content (AvgIpc) is 3.44.